The summed E-state index contributed by atoms with van der Waals surface area (Å²) in [6.07, 6.45) is 8.18. The van der Waals surface area contributed by atoms with Gasteiger partial charge in [-0.3, -0.25) is 24.1 Å². The molecule has 2 heterocycles. The quantitative estimate of drug-likeness (QED) is 0.412. The van der Waals surface area contributed by atoms with E-state index in [9.17, 15) is 14.4 Å². The Labute approximate surface area is 238 Å². The third-order valence-electron chi connectivity index (χ3n) is 6.29. The van der Waals surface area contributed by atoms with Gasteiger partial charge >= 0.3 is 0 Å². The van der Waals surface area contributed by atoms with Gasteiger partial charge < -0.3 is 24.8 Å². The standard InChI is InChI=1S/C17H32N4O3.C6H13N.C4H10.C2H4O2/c1-14(2)15(20(4)16(23)10-18-13-22)11-19(3)12-17(24)21-8-6-5-7-9-21;1-7-5-3-2-4-6-7;1-4(2)3;1-4-2-3/h13-15H,5-12H2,1-4H3,(H,18,22);2-6H2,1H3;4H,1-3H3;2H,1H3/t15-;;;/m1.../s1. The maximum Gasteiger partial charge on any atom is 0.292 e. The number of amides is 3. The highest BCUT2D eigenvalue weighted by molar-refractivity contribution is 5.80. The second-order valence-corrected chi connectivity index (χ2v) is 11.4. The molecular formula is C29H59N5O5. The van der Waals surface area contributed by atoms with Gasteiger partial charge in [0.15, 0.2) is 0 Å². The van der Waals surface area contributed by atoms with E-state index in [1.807, 2.05) is 16.8 Å². The van der Waals surface area contributed by atoms with E-state index in [1.165, 1.54) is 45.9 Å². The van der Waals surface area contributed by atoms with Crippen LogP contribution < -0.4 is 5.32 Å². The van der Waals surface area contributed by atoms with Crippen molar-refractivity contribution in [1.82, 2.24) is 24.9 Å². The first-order valence-corrected chi connectivity index (χ1v) is 14.4. The van der Waals surface area contributed by atoms with Crippen LogP contribution >= 0.6 is 0 Å². The van der Waals surface area contributed by atoms with Gasteiger partial charge in [0.05, 0.1) is 20.2 Å². The maximum absolute atomic E-state index is 12.4. The zero-order valence-corrected chi connectivity index (χ0v) is 26.4. The highest BCUT2D eigenvalue weighted by atomic mass is 16.5. The van der Waals surface area contributed by atoms with Gasteiger partial charge in [-0.25, -0.2) is 0 Å². The zero-order valence-electron chi connectivity index (χ0n) is 26.4. The predicted octanol–water partition coefficient (Wildman–Crippen LogP) is 2.71. The van der Waals surface area contributed by atoms with Gasteiger partial charge in [0.25, 0.3) is 6.47 Å². The molecule has 1 atom stereocenters. The van der Waals surface area contributed by atoms with Crippen LogP contribution in [0.4, 0.5) is 0 Å². The summed E-state index contributed by atoms with van der Waals surface area (Å²) >= 11 is 0. The normalized spacial score (nSPS) is 15.9. The molecule has 2 aliphatic rings. The molecule has 0 aromatic carbocycles. The second-order valence-electron chi connectivity index (χ2n) is 11.4. The number of likely N-dealkylation sites (tertiary alicyclic amines) is 2. The first-order chi connectivity index (χ1) is 18.4. The molecule has 2 aliphatic heterocycles. The first kappa shape index (κ1) is 38.9. The SMILES string of the molecule is CC(C)C.CC(C)[C@@H](CN(C)CC(=O)N1CCCCC1)N(C)C(=O)CNC=O.CN1CCCCC1.COC=O. The van der Waals surface area contributed by atoms with E-state index < -0.39 is 0 Å². The van der Waals surface area contributed by atoms with Crippen LogP contribution in [0.5, 0.6) is 0 Å². The van der Waals surface area contributed by atoms with Crippen LogP contribution in [0.1, 0.15) is 73.1 Å². The van der Waals surface area contributed by atoms with Crippen molar-refractivity contribution in [2.45, 2.75) is 79.2 Å². The number of ether oxygens (including phenoxy) is 1. The molecule has 3 amide bonds. The van der Waals surface area contributed by atoms with Crippen LogP contribution in [0, 0.1) is 11.8 Å². The van der Waals surface area contributed by atoms with Crippen LogP contribution in [-0.4, -0.2) is 124 Å². The van der Waals surface area contributed by atoms with Crippen LogP contribution in [0.3, 0.4) is 0 Å². The summed E-state index contributed by atoms with van der Waals surface area (Å²) in [5, 5.41) is 2.41. The molecule has 230 valence electrons. The summed E-state index contributed by atoms with van der Waals surface area (Å²) in [7, 11) is 7.17. The van der Waals surface area contributed by atoms with Gasteiger partial charge in [0.2, 0.25) is 18.2 Å². The zero-order chi connectivity index (χ0) is 30.2. The molecule has 2 fully saturated rings. The molecule has 2 saturated heterocycles. The number of carbonyl (C=O) groups is 4. The fourth-order valence-corrected chi connectivity index (χ4v) is 4.13. The Morgan fingerprint density at radius 2 is 1.36 bits per heavy atom. The van der Waals surface area contributed by atoms with Gasteiger partial charge in [-0.05, 0) is 71.1 Å². The fraction of sp³-hybridized carbons (Fsp3) is 0.862. The highest BCUT2D eigenvalue weighted by Crippen LogP contribution is 2.13. The first-order valence-electron chi connectivity index (χ1n) is 14.4. The van der Waals surface area contributed by atoms with Crippen molar-refractivity contribution in [3.05, 3.63) is 0 Å². The number of likely N-dealkylation sites (N-methyl/N-ethyl adjacent to an activating group) is 2. The summed E-state index contributed by atoms with van der Waals surface area (Å²) in [5.74, 6) is 1.12. The Bertz CT molecular complexity index is 633. The lowest BCUT2D eigenvalue weighted by Gasteiger charge is -2.35. The average molecular weight is 558 g/mol. The number of nitrogens with one attached hydrogen (secondary N) is 1. The Morgan fingerprint density at radius 3 is 1.72 bits per heavy atom. The number of hydrogen-bond acceptors (Lipinski definition) is 7. The minimum absolute atomic E-state index is 0.000355. The summed E-state index contributed by atoms with van der Waals surface area (Å²) < 4.78 is 3.86. The van der Waals surface area contributed by atoms with E-state index in [1.54, 1.807) is 11.9 Å². The molecule has 0 bridgehead atoms. The Hall–Kier alpha value is -2.20. The van der Waals surface area contributed by atoms with Gasteiger partial charge in [-0.2, -0.15) is 0 Å². The highest BCUT2D eigenvalue weighted by Gasteiger charge is 2.26. The van der Waals surface area contributed by atoms with Gasteiger partial charge in [0.1, 0.15) is 0 Å². The summed E-state index contributed by atoms with van der Waals surface area (Å²) in [5.41, 5.74) is 0. The molecule has 2 rings (SSSR count). The fourth-order valence-electron chi connectivity index (χ4n) is 4.13. The molecule has 0 spiro atoms. The van der Waals surface area contributed by atoms with Gasteiger partial charge in [-0.15, -0.1) is 0 Å². The monoisotopic (exact) mass is 557 g/mol. The predicted molar refractivity (Wildman–Crippen MR) is 158 cm³/mol. The molecule has 0 saturated carbocycles. The summed E-state index contributed by atoms with van der Waals surface area (Å²) in [6, 6.07) is -0.00916. The van der Waals surface area contributed by atoms with Crippen LogP contribution in [-0.2, 0) is 23.9 Å². The molecule has 1 N–H and O–H groups in total. The minimum Gasteiger partial charge on any atom is -0.471 e. The topological polar surface area (TPSA) is 102 Å². The van der Waals surface area contributed by atoms with E-state index in [0.717, 1.165) is 31.8 Å². The third kappa shape index (κ3) is 22.3. The smallest absolute Gasteiger partial charge is 0.292 e. The summed E-state index contributed by atoms with van der Waals surface area (Å²) in [6.45, 7) is 16.3. The average Bonchev–Trinajstić information content (AvgIpc) is 2.91. The Kier molecular flexibility index (Phi) is 24.8. The molecule has 0 aromatic rings. The third-order valence-corrected chi connectivity index (χ3v) is 6.29. The second kappa shape index (κ2) is 24.8. The van der Waals surface area contributed by atoms with Crippen molar-refractivity contribution >= 4 is 24.7 Å². The largest absolute Gasteiger partial charge is 0.471 e. The van der Waals surface area contributed by atoms with Crippen molar-refractivity contribution < 1.29 is 23.9 Å². The van der Waals surface area contributed by atoms with E-state index >= 15 is 0 Å². The van der Waals surface area contributed by atoms with E-state index in [4.69, 9.17) is 4.79 Å². The van der Waals surface area contributed by atoms with E-state index in [-0.39, 0.29) is 30.3 Å². The van der Waals surface area contributed by atoms with E-state index in [2.05, 4.69) is 56.6 Å². The molecular weight excluding hydrogens is 498 g/mol. The number of carbonyl (C=O) groups excluding carboxylic acids is 4. The van der Waals surface area contributed by atoms with Crippen molar-refractivity contribution in [3.8, 4) is 0 Å². The lowest BCUT2D eigenvalue weighted by molar-refractivity contribution is -0.134. The molecule has 10 heteroatoms. The molecule has 0 aliphatic carbocycles. The van der Waals surface area contributed by atoms with Crippen molar-refractivity contribution in [2.24, 2.45) is 11.8 Å². The number of hydrogen-bond donors (Lipinski definition) is 1. The van der Waals surface area contributed by atoms with Crippen molar-refractivity contribution in [2.75, 3.05) is 74.1 Å². The van der Waals surface area contributed by atoms with Crippen LogP contribution in [0.25, 0.3) is 0 Å². The minimum atomic E-state index is -0.128. The van der Waals surface area contributed by atoms with Crippen molar-refractivity contribution in [1.29, 1.82) is 0 Å². The Morgan fingerprint density at radius 1 is 0.897 bits per heavy atom. The van der Waals surface area contributed by atoms with Crippen molar-refractivity contribution in [3.63, 3.8) is 0 Å². The molecule has 0 radical (unpaired) electrons. The lowest BCUT2D eigenvalue weighted by Crippen LogP contribution is -2.51. The lowest BCUT2D eigenvalue weighted by atomic mass is 10.0. The number of nitrogens with zero attached hydrogens (tertiary/aromatic N) is 4. The number of rotatable bonds is 10. The maximum atomic E-state index is 12.4. The Balaban J connectivity index is 0. The molecule has 10 nitrogen and oxygen atoms in total. The van der Waals surface area contributed by atoms with E-state index in [0.29, 0.717) is 26.0 Å². The number of piperidine rings is 2. The van der Waals surface area contributed by atoms with Crippen LogP contribution in [0.15, 0.2) is 0 Å². The van der Waals surface area contributed by atoms with Gasteiger partial charge in [0, 0.05) is 32.7 Å². The molecule has 0 aromatic heterocycles. The molecule has 39 heavy (non-hydrogen) atoms. The van der Waals surface area contributed by atoms with Crippen LogP contribution in [0.2, 0.25) is 0 Å². The molecule has 0 unspecified atom stereocenters. The van der Waals surface area contributed by atoms with Gasteiger partial charge in [-0.1, -0.05) is 41.0 Å². The summed E-state index contributed by atoms with van der Waals surface area (Å²) in [4.78, 5) is 51.8. The number of methoxy groups -OCH3 is 1.